The number of benzene rings is 1. The van der Waals surface area contributed by atoms with Crippen LogP contribution in [0.3, 0.4) is 0 Å². The SMILES string of the molecule is Cc1cc(C)c2c(-n3cccc3)c(C(=O)N3CCC(C(=O)NCc4ccccc4)CC3)sc2n1. The molecule has 0 saturated carbocycles. The highest BCUT2D eigenvalue weighted by molar-refractivity contribution is 7.21. The molecule has 4 aromatic rings. The fraction of sp³-hybridized carbons (Fsp3) is 0.296. The minimum Gasteiger partial charge on any atom is -0.352 e. The molecule has 1 N–H and O–H groups in total. The molecule has 1 aliphatic rings. The maximum absolute atomic E-state index is 13.7. The Kier molecular flexibility index (Phi) is 6.20. The maximum atomic E-state index is 13.7. The second kappa shape index (κ2) is 9.43. The quantitative estimate of drug-likeness (QED) is 0.451. The van der Waals surface area contributed by atoms with Gasteiger partial charge in [-0.05, 0) is 56.0 Å². The number of nitrogens with zero attached hydrogens (tertiary/aromatic N) is 3. The van der Waals surface area contributed by atoms with Crippen molar-refractivity contribution in [2.24, 2.45) is 5.92 Å². The van der Waals surface area contributed by atoms with Gasteiger partial charge in [-0.25, -0.2) is 4.98 Å². The molecule has 7 heteroatoms. The lowest BCUT2D eigenvalue weighted by molar-refractivity contribution is -0.126. The van der Waals surface area contributed by atoms with E-state index >= 15 is 0 Å². The van der Waals surface area contributed by atoms with E-state index < -0.39 is 0 Å². The van der Waals surface area contributed by atoms with Gasteiger partial charge in [-0.15, -0.1) is 11.3 Å². The monoisotopic (exact) mass is 472 g/mol. The van der Waals surface area contributed by atoms with Crippen molar-refractivity contribution in [2.75, 3.05) is 13.1 Å². The van der Waals surface area contributed by atoms with Crippen LogP contribution in [0.2, 0.25) is 0 Å². The summed E-state index contributed by atoms with van der Waals surface area (Å²) < 4.78 is 2.01. The summed E-state index contributed by atoms with van der Waals surface area (Å²) in [5.41, 5.74) is 4.06. The van der Waals surface area contributed by atoms with E-state index in [0.717, 1.165) is 32.7 Å². The third-order valence-corrected chi connectivity index (χ3v) is 7.54. The number of piperidine rings is 1. The van der Waals surface area contributed by atoms with E-state index in [1.165, 1.54) is 11.3 Å². The van der Waals surface area contributed by atoms with Crippen LogP contribution in [0.25, 0.3) is 15.9 Å². The van der Waals surface area contributed by atoms with Crippen molar-refractivity contribution in [2.45, 2.75) is 33.2 Å². The number of thiophene rings is 1. The average Bonchev–Trinajstić information content (AvgIpc) is 3.51. The molecule has 0 bridgehead atoms. The van der Waals surface area contributed by atoms with Gasteiger partial charge >= 0.3 is 0 Å². The molecule has 1 saturated heterocycles. The Morgan fingerprint density at radius 1 is 1.06 bits per heavy atom. The van der Waals surface area contributed by atoms with E-state index in [1.807, 2.05) is 71.2 Å². The van der Waals surface area contributed by atoms with Crippen LogP contribution in [-0.4, -0.2) is 39.4 Å². The molecule has 174 valence electrons. The first-order valence-electron chi connectivity index (χ1n) is 11.7. The first-order chi connectivity index (χ1) is 16.5. The van der Waals surface area contributed by atoms with Crippen molar-refractivity contribution in [1.82, 2.24) is 19.8 Å². The molecule has 6 nitrogen and oxygen atoms in total. The topological polar surface area (TPSA) is 67.2 Å². The molecule has 1 aromatic carbocycles. The van der Waals surface area contributed by atoms with Gasteiger partial charge in [0.25, 0.3) is 5.91 Å². The number of nitrogens with one attached hydrogen (secondary N) is 1. The predicted octanol–water partition coefficient (Wildman–Crippen LogP) is 4.87. The smallest absolute Gasteiger partial charge is 0.266 e. The highest BCUT2D eigenvalue weighted by Crippen LogP contribution is 2.37. The average molecular weight is 473 g/mol. The molecule has 3 aromatic heterocycles. The first kappa shape index (κ1) is 22.3. The molecular formula is C27H28N4O2S. The van der Waals surface area contributed by atoms with Crippen LogP contribution < -0.4 is 5.32 Å². The van der Waals surface area contributed by atoms with Crippen LogP contribution >= 0.6 is 11.3 Å². The van der Waals surface area contributed by atoms with E-state index in [-0.39, 0.29) is 17.7 Å². The van der Waals surface area contributed by atoms with Crippen molar-refractivity contribution < 1.29 is 9.59 Å². The van der Waals surface area contributed by atoms with Crippen LogP contribution in [0, 0.1) is 19.8 Å². The Hall–Kier alpha value is -3.45. The normalized spacial score (nSPS) is 14.5. The van der Waals surface area contributed by atoms with E-state index in [4.69, 9.17) is 4.98 Å². The number of likely N-dealkylation sites (tertiary alicyclic amines) is 1. The number of amides is 2. The molecule has 5 rings (SSSR count). The zero-order valence-electron chi connectivity index (χ0n) is 19.5. The first-order valence-corrected chi connectivity index (χ1v) is 12.5. The van der Waals surface area contributed by atoms with Gasteiger partial charge in [0.1, 0.15) is 9.71 Å². The van der Waals surface area contributed by atoms with Gasteiger partial charge < -0.3 is 14.8 Å². The molecule has 4 heterocycles. The molecule has 0 unspecified atom stereocenters. The number of hydrogen-bond acceptors (Lipinski definition) is 4. The van der Waals surface area contributed by atoms with Crippen LogP contribution in [0.5, 0.6) is 0 Å². The van der Waals surface area contributed by atoms with E-state index in [0.29, 0.717) is 37.4 Å². The van der Waals surface area contributed by atoms with E-state index in [9.17, 15) is 9.59 Å². The van der Waals surface area contributed by atoms with Crippen LogP contribution in [0.15, 0.2) is 60.9 Å². The summed E-state index contributed by atoms with van der Waals surface area (Å²) in [5.74, 6) is 0.0266. The summed E-state index contributed by atoms with van der Waals surface area (Å²) in [6.45, 7) is 5.74. The van der Waals surface area contributed by atoms with Gasteiger partial charge in [0.15, 0.2) is 0 Å². The lowest BCUT2D eigenvalue weighted by Gasteiger charge is -2.31. The second-order valence-electron chi connectivity index (χ2n) is 8.90. The van der Waals surface area contributed by atoms with Crippen molar-refractivity contribution in [3.05, 3.63) is 82.6 Å². The summed E-state index contributed by atoms with van der Waals surface area (Å²) in [4.78, 5) is 34.6. The van der Waals surface area contributed by atoms with Crippen molar-refractivity contribution >= 4 is 33.4 Å². The molecule has 0 spiro atoms. The van der Waals surface area contributed by atoms with E-state index in [2.05, 4.69) is 18.3 Å². The lowest BCUT2D eigenvalue weighted by atomic mass is 9.95. The minimum atomic E-state index is -0.0642. The molecule has 1 fully saturated rings. The number of aromatic nitrogens is 2. The van der Waals surface area contributed by atoms with Gasteiger partial charge in [-0.3, -0.25) is 9.59 Å². The summed E-state index contributed by atoms with van der Waals surface area (Å²) in [5, 5.41) is 4.08. The molecule has 0 atom stereocenters. The van der Waals surface area contributed by atoms with Gasteiger partial charge in [-0.2, -0.15) is 0 Å². The van der Waals surface area contributed by atoms with Crippen LogP contribution in [-0.2, 0) is 11.3 Å². The Balaban J connectivity index is 1.32. The largest absolute Gasteiger partial charge is 0.352 e. The van der Waals surface area contributed by atoms with Gasteiger partial charge in [0.05, 0.1) is 5.69 Å². The predicted molar refractivity (Wildman–Crippen MR) is 135 cm³/mol. The highest BCUT2D eigenvalue weighted by atomic mass is 32.1. The molecule has 2 amide bonds. The van der Waals surface area contributed by atoms with Crippen LogP contribution in [0.1, 0.15) is 39.3 Å². The maximum Gasteiger partial charge on any atom is 0.266 e. The fourth-order valence-corrected chi connectivity index (χ4v) is 5.98. The standard InChI is InChI=1S/C27H28N4O2S/c1-18-16-19(2)29-26-22(18)23(30-12-6-7-13-30)24(34-26)27(33)31-14-10-21(11-15-31)25(32)28-17-20-8-4-3-5-9-20/h3-9,12-13,16,21H,10-11,14-15,17H2,1-2H3,(H,28,32). The molecular weight excluding hydrogens is 444 g/mol. The number of carbonyl (C=O) groups is 2. The van der Waals surface area contributed by atoms with Gasteiger partial charge in [0, 0.05) is 49.0 Å². The highest BCUT2D eigenvalue weighted by Gasteiger charge is 2.31. The fourth-order valence-electron chi connectivity index (χ4n) is 4.72. The zero-order valence-corrected chi connectivity index (χ0v) is 20.3. The molecule has 1 aliphatic heterocycles. The summed E-state index contributed by atoms with van der Waals surface area (Å²) in [7, 11) is 0. The van der Waals surface area contributed by atoms with E-state index in [1.54, 1.807) is 0 Å². The number of fused-ring (bicyclic) bond motifs is 1. The summed E-state index contributed by atoms with van der Waals surface area (Å²) >= 11 is 1.46. The number of rotatable bonds is 5. The summed E-state index contributed by atoms with van der Waals surface area (Å²) in [6.07, 6.45) is 5.29. The van der Waals surface area contributed by atoms with Crippen molar-refractivity contribution in [3.63, 3.8) is 0 Å². The van der Waals surface area contributed by atoms with Gasteiger partial charge in [0.2, 0.25) is 5.91 Å². The van der Waals surface area contributed by atoms with Crippen molar-refractivity contribution in [1.29, 1.82) is 0 Å². The zero-order chi connectivity index (χ0) is 23.7. The minimum absolute atomic E-state index is 0.0203. The number of hydrogen-bond donors (Lipinski definition) is 1. The lowest BCUT2D eigenvalue weighted by Crippen LogP contribution is -2.42. The summed E-state index contributed by atoms with van der Waals surface area (Å²) in [6, 6.07) is 15.9. The number of aryl methyl sites for hydroxylation is 2. The van der Waals surface area contributed by atoms with Crippen molar-refractivity contribution in [3.8, 4) is 5.69 Å². The Bertz CT molecular complexity index is 1320. The molecule has 0 aliphatic carbocycles. The third-order valence-electron chi connectivity index (χ3n) is 6.48. The Labute approximate surface area is 203 Å². The third kappa shape index (κ3) is 4.35. The second-order valence-corrected chi connectivity index (χ2v) is 9.90. The molecule has 34 heavy (non-hydrogen) atoms. The van der Waals surface area contributed by atoms with Crippen LogP contribution in [0.4, 0.5) is 0 Å². The number of carbonyl (C=O) groups excluding carboxylic acids is 2. The Morgan fingerprint density at radius 3 is 2.47 bits per heavy atom. The Morgan fingerprint density at radius 2 is 1.76 bits per heavy atom. The molecule has 0 radical (unpaired) electrons. The van der Waals surface area contributed by atoms with Gasteiger partial charge in [-0.1, -0.05) is 30.3 Å². The number of pyridine rings is 1.